The third kappa shape index (κ3) is 3.17. The molecule has 0 aliphatic heterocycles. The number of hydrogen-bond donors (Lipinski definition) is 1. The van der Waals surface area contributed by atoms with Crippen LogP contribution in [0.25, 0.3) is 0 Å². The summed E-state index contributed by atoms with van der Waals surface area (Å²) in [6, 6.07) is 6.74. The topological polar surface area (TPSA) is 87.0 Å². The molecule has 19 heavy (non-hydrogen) atoms. The molecule has 2 rings (SSSR count). The second kappa shape index (κ2) is 5.62. The van der Waals surface area contributed by atoms with E-state index in [4.69, 9.17) is 5.73 Å². The van der Waals surface area contributed by atoms with Crippen LogP contribution >= 0.6 is 0 Å². The van der Waals surface area contributed by atoms with Gasteiger partial charge in [0.05, 0.1) is 11.5 Å². The van der Waals surface area contributed by atoms with E-state index in [-0.39, 0.29) is 16.7 Å². The summed E-state index contributed by atoms with van der Waals surface area (Å²) in [5.41, 5.74) is 6.55. The van der Waals surface area contributed by atoms with E-state index in [9.17, 15) is 10.1 Å². The lowest BCUT2D eigenvalue weighted by atomic mass is 10.1. The molecule has 0 saturated carbocycles. The molecule has 0 amide bonds. The quantitative estimate of drug-likeness (QED) is 0.655. The Kier molecular flexibility index (Phi) is 3.91. The minimum Gasteiger partial charge on any atom is -0.330 e. The summed E-state index contributed by atoms with van der Waals surface area (Å²) in [4.78, 5) is 14.9. The predicted molar refractivity (Wildman–Crippen MR) is 71.8 cm³/mol. The van der Waals surface area contributed by atoms with Gasteiger partial charge in [0.15, 0.2) is 0 Å². The average Bonchev–Trinajstić information content (AvgIpc) is 2.76. The maximum atomic E-state index is 11.0. The lowest BCUT2D eigenvalue weighted by Crippen LogP contribution is -2.20. The highest BCUT2D eigenvalue weighted by atomic mass is 16.6. The van der Waals surface area contributed by atoms with Gasteiger partial charge >= 0.3 is 0 Å². The van der Waals surface area contributed by atoms with Gasteiger partial charge in [-0.15, -0.1) is 0 Å². The van der Waals surface area contributed by atoms with Crippen molar-refractivity contribution in [3.63, 3.8) is 0 Å². The standard InChI is InChI=1S/C13H16N4O2/c1-10(14)8-13-15-6-7-16(13)9-11-4-2-3-5-12(11)17(18)19/h2-7,10H,8-9,14H2,1H3. The number of nitro groups is 1. The number of aromatic nitrogens is 2. The first-order valence-corrected chi connectivity index (χ1v) is 6.06. The minimum absolute atomic E-state index is 0.00640. The molecule has 6 heteroatoms. The monoisotopic (exact) mass is 260 g/mol. The highest BCUT2D eigenvalue weighted by molar-refractivity contribution is 5.40. The van der Waals surface area contributed by atoms with Crippen LogP contribution in [-0.4, -0.2) is 20.5 Å². The lowest BCUT2D eigenvalue weighted by Gasteiger charge is -2.10. The van der Waals surface area contributed by atoms with E-state index in [1.54, 1.807) is 24.4 Å². The molecule has 1 aromatic carbocycles. The summed E-state index contributed by atoms with van der Waals surface area (Å²) >= 11 is 0. The molecule has 0 spiro atoms. The third-order valence-electron chi connectivity index (χ3n) is 2.84. The van der Waals surface area contributed by atoms with Crippen LogP contribution in [0.3, 0.4) is 0 Å². The summed E-state index contributed by atoms with van der Waals surface area (Å²) in [6.07, 6.45) is 4.15. The molecule has 1 aromatic heterocycles. The van der Waals surface area contributed by atoms with Crippen LogP contribution in [-0.2, 0) is 13.0 Å². The van der Waals surface area contributed by atoms with Crippen LogP contribution in [0.15, 0.2) is 36.7 Å². The molecule has 1 atom stereocenters. The van der Waals surface area contributed by atoms with Crippen LogP contribution in [0.4, 0.5) is 5.69 Å². The molecule has 2 N–H and O–H groups in total. The van der Waals surface area contributed by atoms with E-state index >= 15 is 0 Å². The summed E-state index contributed by atoms with van der Waals surface area (Å²) in [6.45, 7) is 2.34. The highest BCUT2D eigenvalue weighted by Crippen LogP contribution is 2.19. The van der Waals surface area contributed by atoms with Gasteiger partial charge in [-0.2, -0.15) is 0 Å². The van der Waals surface area contributed by atoms with Gasteiger partial charge in [0, 0.05) is 36.5 Å². The summed E-state index contributed by atoms with van der Waals surface area (Å²) < 4.78 is 1.89. The zero-order valence-electron chi connectivity index (χ0n) is 10.7. The van der Waals surface area contributed by atoms with Crippen molar-refractivity contribution in [1.29, 1.82) is 0 Å². The molecule has 100 valence electrons. The van der Waals surface area contributed by atoms with Crippen molar-refractivity contribution in [3.8, 4) is 0 Å². The Bertz CT molecular complexity index is 578. The molecule has 2 aromatic rings. The zero-order valence-corrected chi connectivity index (χ0v) is 10.7. The van der Waals surface area contributed by atoms with Crippen molar-refractivity contribution in [3.05, 3.63) is 58.2 Å². The van der Waals surface area contributed by atoms with Gasteiger partial charge in [-0.3, -0.25) is 10.1 Å². The van der Waals surface area contributed by atoms with Crippen molar-refractivity contribution in [2.75, 3.05) is 0 Å². The molecule has 1 heterocycles. The fourth-order valence-electron chi connectivity index (χ4n) is 1.97. The fourth-order valence-corrected chi connectivity index (χ4v) is 1.97. The number of rotatable bonds is 5. The molecule has 0 fully saturated rings. The largest absolute Gasteiger partial charge is 0.330 e. The van der Waals surface area contributed by atoms with Crippen molar-refractivity contribution in [2.24, 2.45) is 5.73 Å². The number of para-hydroxylation sites is 1. The Morgan fingerprint density at radius 2 is 2.21 bits per heavy atom. The van der Waals surface area contributed by atoms with Gasteiger partial charge in [-0.25, -0.2) is 4.98 Å². The molecule has 0 aliphatic rings. The Balaban J connectivity index is 2.27. The van der Waals surface area contributed by atoms with E-state index in [1.807, 2.05) is 17.7 Å². The molecule has 0 radical (unpaired) electrons. The number of nitrogens with zero attached hydrogens (tertiary/aromatic N) is 3. The van der Waals surface area contributed by atoms with Gasteiger partial charge in [-0.1, -0.05) is 18.2 Å². The van der Waals surface area contributed by atoms with E-state index in [0.29, 0.717) is 18.5 Å². The van der Waals surface area contributed by atoms with E-state index in [1.165, 1.54) is 6.07 Å². The molecular weight excluding hydrogens is 244 g/mol. The van der Waals surface area contributed by atoms with E-state index in [0.717, 1.165) is 5.82 Å². The number of nitro benzene ring substituents is 1. The molecule has 0 saturated heterocycles. The van der Waals surface area contributed by atoms with Crippen LogP contribution in [0.1, 0.15) is 18.3 Å². The Morgan fingerprint density at radius 3 is 2.89 bits per heavy atom. The maximum absolute atomic E-state index is 11.0. The van der Waals surface area contributed by atoms with Crippen LogP contribution in [0.2, 0.25) is 0 Å². The van der Waals surface area contributed by atoms with Crippen LogP contribution in [0.5, 0.6) is 0 Å². The van der Waals surface area contributed by atoms with Crippen LogP contribution < -0.4 is 5.73 Å². The fraction of sp³-hybridized carbons (Fsp3) is 0.308. The molecule has 0 bridgehead atoms. The molecule has 6 nitrogen and oxygen atoms in total. The minimum atomic E-state index is -0.364. The van der Waals surface area contributed by atoms with Crippen molar-refractivity contribution in [1.82, 2.24) is 9.55 Å². The molecular formula is C13H16N4O2. The molecule has 1 unspecified atom stereocenters. The number of hydrogen-bond acceptors (Lipinski definition) is 4. The second-order valence-electron chi connectivity index (χ2n) is 4.54. The van der Waals surface area contributed by atoms with Gasteiger partial charge in [-0.05, 0) is 6.92 Å². The number of benzene rings is 1. The van der Waals surface area contributed by atoms with Gasteiger partial charge in [0.1, 0.15) is 5.82 Å². The second-order valence-corrected chi connectivity index (χ2v) is 4.54. The van der Waals surface area contributed by atoms with E-state index < -0.39 is 0 Å². The van der Waals surface area contributed by atoms with Crippen molar-refractivity contribution >= 4 is 5.69 Å². The first-order chi connectivity index (χ1) is 9.08. The van der Waals surface area contributed by atoms with E-state index in [2.05, 4.69) is 4.98 Å². The lowest BCUT2D eigenvalue weighted by molar-refractivity contribution is -0.385. The van der Waals surface area contributed by atoms with Crippen molar-refractivity contribution < 1.29 is 4.92 Å². The van der Waals surface area contributed by atoms with Gasteiger partial charge < -0.3 is 10.3 Å². The smallest absolute Gasteiger partial charge is 0.274 e. The Labute approximate surface area is 111 Å². The van der Waals surface area contributed by atoms with Crippen LogP contribution in [0, 0.1) is 10.1 Å². The predicted octanol–water partition coefficient (Wildman–Crippen LogP) is 1.73. The number of nitrogens with two attached hydrogens (primary N) is 1. The summed E-state index contributed by atoms with van der Waals surface area (Å²) in [5.74, 6) is 0.841. The number of imidazole rings is 1. The van der Waals surface area contributed by atoms with Gasteiger partial charge in [0.25, 0.3) is 5.69 Å². The Hall–Kier alpha value is -2.21. The normalized spacial score (nSPS) is 12.3. The van der Waals surface area contributed by atoms with Crippen molar-refractivity contribution in [2.45, 2.75) is 25.9 Å². The Morgan fingerprint density at radius 1 is 1.47 bits per heavy atom. The zero-order chi connectivity index (χ0) is 13.8. The first-order valence-electron chi connectivity index (χ1n) is 6.06. The summed E-state index contributed by atoms with van der Waals surface area (Å²) in [5, 5.41) is 11.0. The maximum Gasteiger partial charge on any atom is 0.274 e. The highest BCUT2D eigenvalue weighted by Gasteiger charge is 2.14. The SMILES string of the molecule is CC(N)Cc1nccn1Cc1ccccc1[N+](=O)[O-]. The van der Waals surface area contributed by atoms with Gasteiger partial charge in [0.2, 0.25) is 0 Å². The third-order valence-corrected chi connectivity index (χ3v) is 2.84. The summed E-state index contributed by atoms with van der Waals surface area (Å²) in [7, 11) is 0. The first kappa shape index (κ1) is 13.2. The average molecular weight is 260 g/mol. The molecule has 0 aliphatic carbocycles.